The molecule has 52 valence electrons. The first-order valence-corrected chi connectivity index (χ1v) is 2.44. The van der Waals surface area contributed by atoms with Crippen LogP contribution in [0.25, 0.3) is 0 Å². The van der Waals surface area contributed by atoms with E-state index in [0.29, 0.717) is 0 Å². The second-order valence-corrected chi connectivity index (χ2v) is 1.62. The molecule has 0 aromatic carbocycles. The number of hydrogen-bond donors (Lipinski definition) is 0. The summed E-state index contributed by atoms with van der Waals surface area (Å²) < 4.78 is 0. The Kier molecular flexibility index (Phi) is 9.28. The molecule has 0 bridgehead atoms. The quantitative estimate of drug-likeness (QED) is 0.340. The van der Waals surface area contributed by atoms with Crippen molar-refractivity contribution in [2.24, 2.45) is 0 Å². The molecule has 0 radical (unpaired) electrons. The molecule has 0 saturated carbocycles. The lowest BCUT2D eigenvalue weighted by Crippen LogP contribution is -2.34. The molecule has 0 aromatic rings. The summed E-state index contributed by atoms with van der Waals surface area (Å²) in [6.45, 7) is 4.28. The van der Waals surface area contributed by atoms with Crippen LogP contribution >= 0.6 is 0 Å². The summed E-state index contributed by atoms with van der Waals surface area (Å²) in [6, 6.07) is 0. The molecular weight excluding hydrogens is 108 g/mol. The van der Waals surface area contributed by atoms with E-state index in [1.54, 1.807) is 13.8 Å². The zero-order valence-electron chi connectivity index (χ0n) is 5.38. The summed E-state index contributed by atoms with van der Waals surface area (Å²) >= 11 is 0. The van der Waals surface area contributed by atoms with Crippen LogP contribution in [0, 0.1) is 0 Å². The molecule has 0 amide bonds. The third-order valence-electron chi connectivity index (χ3n) is 0. The Bertz CT molecular complexity index is 23.1. The molecule has 0 unspecified atom stereocenters. The Morgan fingerprint density at radius 1 is 0.875 bits per heavy atom. The largest absolute Gasteiger partial charge is 0.866 e. The number of rotatable bonds is 0. The van der Waals surface area contributed by atoms with Crippen LogP contribution in [0.4, 0.5) is 0 Å². The second kappa shape index (κ2) is 6.88. The van der Waals surface area contributed by atoms with Gasteiger partial charge < -0.3 is 15.3 Å². The highest BCUT2D eigenvalue weighted by Crippen LogP contribution is 1.57. The Morgan fingerprint density at radius 3 is 0.875 bits per heavy atom. The van der Waals surface area contributed by atoms with Crippen LogP contribution in [0.15, 0.2) is 0 Å². The van der Waals surface area contributed by atoms with Crippen molar-refractivity contribution in [1.82, 2.24) is 0 Å². The summed E-state index contributed by atoms with van der Waals surface area (Å²) in [7, 11) is 0. The van der Waals surface area contributed by atoms with Crippen LogP contribution < -0.4 is 15.3 Å². The molecule has 0 rings (SSSR count). The number of hydrogen-bond acceptors (Lipinski definition) is 3. The molecule has 3 heteroatoms. The van der Waals surface area contributed by atoms with Gasteiger partial charge in [-0.25, -0.2) is 6.29 Å². The molecular formula is C5H11O3-3. The average Bonchev–Trinajstić information content (AvgIpc) is 1.25. The Balaban J connectivity index is 0. The van der Waals surface area contributed by atoms with Gasteiger partial charge in [-0.2, -0.15) is 0 Å². The molecule has 0 heterocycles. The van der Waals surface area contributed by atoms with Gasteiger partial charge in [0.25, 0.3) is 0 Å². The average molecular weight is 119 g/mol. The summed E-state index contributed by atoms with van der Waals surface area (Å²) in [5.41, 5.74) is 0. The van der Waals surface area contributed by atoms with Crippen LogP contribution in [0.5, 0.6) is 0 Å². The van der Waals surface area contributed by atoms with E-state index < -0.39 is 12.4 Å². The van der Waals surface area contributed by atoms with Crippen molar-refractivity contribution in [3.05, 3.63) is 0 Å². The van der Waals surface area contributed by atoms with Crippen LogP contribution in [0.3, 0.4) is 0 Å². The highest BCUT2D eigenvalue weighted by molar-refractivity contribution is 4.17. The first kappa shape index (κ1) is 10.8. The van der Waals surface area contributed by atoms with E-state index >= 15 is 0 Å². The van der Waals surface area contributed by atoms with E-state index in [2.05, 4.69) is 0 Å². The Labute approximate surface area is 49.6 Å². The molecule has 3 nitrogen and oxygen atoms in total. The normalized spacial score (nSPS) is 9.00. The van der Waals surface area contributed by atoms with Gasteiger partial charge in [0.2, 0.25) is 0 Å². The molecule has 0 atom stereocenters. The predicted molar refractivity (Wildman–Crippen MR) is 24.6 cm³/mol. The first-order chi connectivity index (χ1) is 3.46. The van der Waals surface area contributed by atoms with Gasteiger partial charge in [-0.15, -0.1) is 6.10 Å². The molecule has 0 aliphatic rings. The second-order valence-electron chi connectivity index (χ2n) is 1.62. The highest BCUT2D eigenvalue weighted by Gasteiger charge is 1.53. The zero-order valence-corrected chi connectivity index (χ0v) is 5.38. The molecule has 0 fully saturated rings. The summed E-state index contributed by atoms with van der Waals surface area (Å²) in [5, 5.41) is 27.5. The summed E-state index contributed by atoms with van der Waals surface area (Å²) in [5.74, 6) is 0. The third-order valence-corrected chi connectivity index (χ3v) is 0. The summed E-state index contributed by atoms with van der Waals surface area (Å²) in [4.78, 5) is 0. The van der Waals surface area contributed by atoms with Crippen molar-refractivity contribution >= 4 is 0 Å². The van der Waals surface area contributed by atoms with Crippen molar-refractivity contribution in [1.29, 1.82) is 0 Å². The van der Waals surface area contributed by atoms with Gasteiger partial charge in [-0.1, -0.05) is 20.8 Å². The van der Waals surface area contributed by atoms with Crippen molar-refractivity contribution in [2.45, 2.75) is 33.2 Å². The molecule has 0 N–H and O–H groups in total. The molecule has 0 spiro atoms. The maximum Gasteiger partial charge on any atom is -0.0783 e. The fraction of sp³-hybridized carbons (Fsp3) is 1.00. The minimum atomic E-state index is -1.67. The van der Waals surface area contributed by atoms with E-state index in [-0.39, 0.29) is 0 Å². The van der Waals surface area contributed by atoms with Crippen LogP contribution in [0.2, 0.25) is 0 Å². The van der Waals surface area contributed by atoms with Gasteiger partial charge in [0, 0.05) is 0 Å². The summed E-state index contributed by atoms with van der Waals surface area (Å²) in [6.07, 6.45) is -2.08. The lowest BCUT2D eigenvalue weighted by Gasteiger charge is -2.20. The molecule has 0 aliphatic heterocycles. The predicted octanol–water partition coefficient (Wildman–Crippen LogP) is -2.19. The van der Waals surface area contributed by atoms with E-state index in [0.717, 1.165) is 6.92 Å². The molecule has 0 aromatic heterocycles. The highest BCUT2D eigenvalue weighted by atomic mass is 16.5. The zero-order chi connectivity index (χ0) is 7.15. The van der Waals surface area contributed by atoms with Crippen LogP contribution in [0.1, 0.15) is 20.8 Å². The van der Waals surface area contributed by atoms with Crippen LogP contribution in [-0.2, 0) is 0 Å². The van der Waals surface area contributed by atoms with Crippen LogP contribution in [-0.4, -0.2) is 12.4 Å². The van der Waals surface area contributed by atoms with Gasteiger partial charge in [0.05, 0.1) is 0 Å². The first-order valence-electron chi connectivity index (χ1n) is 2.44. The minimum Gasteiger partial charge on any atom is -0.866 e. The van der Waals surface area contributed by atoms with Gasteiger partial charge in [0.15, 0.2) is 0 Å². The van der Waals surface area contributed by atoms with E-state index in [9.17, 15) is 5.11 Å². The van der Waals surface area contributed by atoms with Crippen molar-refractivity contribution in [3.8, 4) is 0 Å². The van der Waals surface area contributed by atoms with Gasteiger partial charge in [-0.05, 0) is 0 Å². The molecule has 8 heavy (non-hydrogen) atoms. The van der Waals surface area contributed by atoms with Crippen molar-refractivity contribution < 1.29 is 15.3 Å². The van der Waals surface area contributed by atoms with E-state index in [1.165, 1.54) is 0 Å². The van der Waals surface area contributed by atoms with Gasteiger partial charge in [-0.3, -0.25) is 0 Å². The van der Waals surface area contributed by atoms with E-state index in [4.69, 9.17) is 10.2 Å². The Morgan fingerprint density at radius 2 is 0.875 bits per heavy atom. The van der Waals surface area contributed by atoms with Gasteiger partial charge in [0.1, 0.15) is 0 Å². The van der Waals surface area contributed by atoms with Gasteiger partial charge >= 0.3 is 0 Å². The monoisotopic (exact) mass is 119 g/mol. The lowest BCUT2D eigenvalue weighted by molar-refractivity contribution is -0.651. The standard InChI is InChI=1S/C3H7O.C2H4O2/c1-3(2)4;1-2(3)4/h3H,1-2H3;2H,1H3/q-1;-2. The maximum absolute atomic E-state index is 9.53. The third kappa shape index (κ3) is 9720. The molecule has 0 aliphatic carbocycles. The SMILES string of the molecule is CC(C)[O-].CC([O-])[O-]. The Hall–Kier alpha value is -0.120. The fourth-order valence-electron chi connectivity index (χ4n) is 0. The van der Waals surface area contributed by atoms with Crippen molar-refractivity contribution in [2.75, 3.05) is 0 Å². The maximum atomic E-state index is 9.53. The fourth-order valence-corrected chi connectivity index (χ4v) is 0. The van der Waals surface area contributed by atoms with E-state index in [1.807, 2.05) is 0 Å². The molecule has 0 saturated heterocycles. The smallest absolute Gasteiger partial charge is 0.0783 e. The topological polar surface area (TPSA) is 69.2 Å². The minimum absolute atomic E-state index is 0.417. The van der Waals surface area contributed by atoms with Crippen molar-refractivity contribution in [3.63, 3.8) is 0 Å². The lowest BCUT2D eigenvalue weighted by atomic mass is 10.5.